The average Bonchev–Trinajstić information content (AvgIpc) is 2.25. The molecule has 0 atom stereocenters. The van der Waals surface area contributed by atoms with E-state index in [0.717, 1.165) is 18.8 Å². The summed E-state index contributed by atoms with van der Waals surface area (Å²) >= 11 is 5.98. The molecule has 1 aromatic carbocycles. The van der Waals surface area contributed by atoms with E-state index in [0.29, 0.717) is 16.5 Å². The lowest BCUT2D eigenvalue weighted by Gasteiger charge is -2.26. The van der Waals surface area contributed by atoms with Crippen molar-refractivity contribution in [3.05, 3.63) is 28.8 Å². The number of rotatable bonds is 4. The molecule has 0 aromatic heterocycles. The first-order chi connectivity index (χ1) is 7.58. The molecule has 0 fully saturated rings. The van der Waals surface area contributed by atoms with Crippen molar-refractivity contribution in [1.82, 2.24) is 0 Å². The Hall–Kier alpha value is -1.20. The third kappa shape index (κ3) is 3.15. The average molecular weight is 237 g/mol. The molecule has 0 saturated heterocycles. The second-order valence-corrected chi connectivity index (χ2v) is 4.64. The lowest BCUT2D eigenvalue weighted by Crippen LogP contribution is -2.27. The van der Waals surface area contributed by atoms with Crippen LogP contribution in [0.15, 0.2) is 18.2 Å². The Balaban J connectivity index is 3.08. The molecule has 16 heavy (non-hydrogen) atoms. The van der Waals surface area contributed by atoms with Crippen LogP contribution in [0, 0.1) is 17.2 Å². The summed E-state index contributed by atoms with van der Waals surface area (Å²) in [5.41, 5.74) is 1.62. The normalized spacial score (nSPS) is 10.2. The fourth-order valence-electron chi connectivity index (χ4n) is 1.70. The van der Waals surface area contributed by atoms with E-state index in [1.165, 1.54) is 0 Å². The lowest BCUT2D eigenvalue weighted by molar-refractivity contribution is 0.618. The van der Waals surface area contributed by atoms with Crippen molar-refractivity contribution >= 4 is 17.3 Å². The quantitative estimate of drug-likeness (QED) is 0.797. The Morgan fingerprint density at radius 1 is 1.44 bits per heavy atom. The van der Waals surface area contributed by atoms with Gasteiger partial charge in [0.25, 0.3) is 0 Å². The van der Waals surface area contributed by atoms with Gasteiger partial charge < -0.3 is 4.90 Å². The van der Waals surface area contributed by atoms with Crippen LogP contribution in [0.4, 0.5) is 5.69 Å². The highest BCUT2D eigenvalue weighted by atomic mass is 35.5. The predicted molar refractivity (Wildman–Crippen MR) is 68.9 cm³/mol. The maximum Gasteiger partial charge on any atom is 0.101 e. The Labute approximate surface area is 102 Å². The third-order valence-electron chi connectivity index (χ3n) is 2.39. The standard InChI is InChI=1S/C13H17ClN2/c1-4-16(9-10(2)3)13-7-12(14)6-5-11(13)8-15/h5-7,10H,4,9H2,1-3H3. The molecular weight excluding hydrogens is 220 g/mol. The summed E-state index contributed by atoms with van der Waals surface area (Å²) < 4.78 is 0. The molecule has 0 aliphatic rings. The van der Waals surface area contributed by atoms with Gasteiger partial charge in [-0.3, -0.25) is 0 Å². The molecule has 0 amide bonds. The van der Waals surface area contributed by atoms with Gasteiger partial charge in [0.1, 0.15) is 6.07 Å². The minimum absolute atomic E-state index is 0.561. The molecule has 2 nitrogen and oxygen atoms in total. The molecule has 0 heterocycles. The van der Waals surface area contributed by atoms with Crippen molar-refractivity contribution in [3.63, 3.8) is 0 Å². The first-order valence-corrected chi connectivity index (χ1v) is 5.90. The molecule has 0 radical (unpaired) electrons. The molecule has 0 saturated carbocycles. The van der Waals surface area contributed by atoms with Crippen LogP contribution in [0.1, 0.15) is 26.3 Å². The van der Waals surface area contributed by atoms with Gasteiger partial charge in [-0.15, -0.1) is 0 Å². The fourth-order valence-corrected chi connectivity index (χ4v) is 1.87. The summed E-state index contributed by atoms with van der Waals surface area (Å²) in [5, 5.41) is 9.75. The van der Waals surface area contributed by atoms with Crippen molar-refractivity contribution in [2.24, 2.45) is 5.92 Å². The largest absolute Gasteiger partial charge is 0.370 e. The van der Waals surface area contributed by atoms with Gasteiger partial charge in [-0.05, 0) is 31.0 Å². The lowest BCUT2D eigenvalue weighted by atomic mass is 10.1. The summed E-state index contributed by atoms with van der Waals surface area (Å²) in [7, 11) is 0. The predicted octanol–water partition coefficient (Wildman–Crippen LogP) is 3.69. The molecule has 0 aliphatic carbocycles. The zero-order chi connectivity index (χ0) is 12.1. The van der Waals surface area contributed by atoms with E-state index in [2.05, 4.69) is 31.7 Å². The minimum Gasteiger partial charge on any atom is -0.370 e. The Kier molecular flexibility index (Phi) is 4.64. The highest BCUT2D eigenvalue weighted by Crippen LogP contribution is 2.25. The number of halogens is 1. The van der Waals surface area contributed by atoms with E-state index < -0.39 is 0 Å². The van der Waals surface area contributed by atoms with Crippen LogP contribution in [0.2, 0.25) is 5.02 Å². The molecule has 0 bridgehead atoms. The maximum atomic E-state index is 9.07. The summed E-state index contributed by atoms with van der Waals surface area (Å²) in [6.45, 7) is 8.24. The van der Waals surface area contributed by atoms with Gasteiger partial charge >= 0.3 is 0 Å². The zero-order valence-electron chi connectivity index (χ0n) is 10.00. The van der Waals surface area contributed by atoms with Crippen molar-refractivity contribution in [3.8, 4) is 6.07 Å². The van der Waals surface area contributed by atoms with Crippen LogP contribution >= 0.6 is 11.6 Å². The van der Waals surface area contributed by atoms with Gasteiger partial charge in [-0.2, -0.15) is 5.26 Å². The van der Waals surface area contributed by atoms with Crippen LogP contribution in [-0.4, -0.2) is 13.1 Å². The smallest absolute Gasteiger partial charge is 0.101 e. The molecule has 0 unspecified atom stereocenters. The van der Waals surface area contributed by atoms with Crippen molar-refractivity contribution < 1.29 is 0 Å². The molecular formula is C13H17ClN2. The topological polar surface area (TPSA) is 27.0 Å². The second-order valence-electron chi connectivity index (χ2n) is 4.21. The SMILES string of the molecule is CCN(CC(C)C)c1cc(Cl)ccc1C#N. The van der Waals surface area contributed by atoms with Crippen LogP contribution in [-0.2, 0) is 0 Å². The highest BCUT2D eigenvalue weighted by molar-refractivity contribution is 6.30. The second kappa shape index (κ2) is 5.77. The van der Waals surface area contributed by atoms with Crippen molar-refractivity contribution in [2.75, 3.05) is 18.0 Å². The zero-order valence-corrected chi connectivity index (χ0v) is 10.8. The fraction of sp³-hybridized carbons (Fsp3) is 0.462. The summed E-state index contributed by atoms with van der Waals surface area (Å²) in [6, 6.07) is 7.61. The van der Waals surface area contributed by atoms with Gasteiger partial charge in [0, 0.05) is 18.1 Å². The van der Waals surface area contributed by atoms with Crippen LogP contribution in [0.5, 0.6) is 0 Å². The van der Waals surface area contributed by atoms with Gasteiger partial charge in [-0.25, -0.2) is 0 Å². The monoisotopic (exact) mass is 236 g/mol. The number of benzene rings is 1. The maximum absolute atomic E-state index is 9.07. The highest BCUT2D eigenvalue weighted by Gasteiger charge is 2.11. The number of nitrogens with zero attached hydrogens (tertiary/aromatic N) is 2. The van der Waals surface area contributed by atoms with Crippen LogP contribution < -0.4 is 4.90 Å². The summed E-state index contributed by atoms with van der Waals surface area (Å²) in [4.78, 5) is 2.19. The van der Waals surface area contributed by atoms with Gasteiger partial charge in [0.2, 0.25) is 0 Å². The van der Waals surface area contributed by atoms with Crippen molar-refractivity contribution in [1.29, 1.82) is 5.26 Å². The van der Waals surface area contributed by atoms with E-state index in [1.54, 1.807) is 12.1 Å². The summed E-state index contributed by atoms with van der Waals surface area (Å²) in [5.74, 6) is 0.561. The Morgan fingerprint density at radius 3 is 2.62 bits per heavy atom. The van der Waals surface area contributed by atoms with Gasteiger partial charge in [0.05, 0.1) is 11.3 Å². The molecule has 0 aliphatic heterocycles. The molecule has 0 spiro atoms. The molecule has 1 aromatic rings. The van der Waals surface area contributed by atoms with Gasteiger partial charge in [-0.1, -0.05) is 25.4 Å². The molecule has 1 rings (SSSR count). The van der Waals surface area contributed by atoms with Gasteiger partial charge in [0.15, 0.2) is 0 Å². The van der Waals surface area contributed by atoms with E-state index in [1.807, 2.05) is 6.07 Å². The van der Waals surface area contributed by atoms with E-state index >= 15 is 0 Å². The van der Waals surface area contributed by atoms with E-state index in [4.69, 9.17) is 16.9 Å². The summed E-state index contributed by atoms with van der Waals surface area (Å²) in [6.07, 6.45) is 0. The van der Waals surface area contributed by atoms with Crippen LogP contribution in [0.3, 0.4) is 0 Å². The number of hydrogen-bond donors (Lipinski definition) is 0. The molecule has 86 valence electrons. The number of anilines is 1. The number of nitriles is 1. The Bertz CT molecular complexity index is 393. The van der Waals surface area contributed by atoms with E-state index in [-0.39, 0.29) is 0 Å². The minimum atomic E-state index is 0.561. The van der Waals surface area contributed by atoms with Crippen LogP contribution in [0.25, 0.3) is 0 Å². The first kappa shape index (κ1) is 12.9. The first-order valence-electron chi connectivity index (χ1n) is 5.53. The van der Waals surface area contributed by atoms with Crippen molar-refractivity contribution in [2.45, 2.75) is 20.8 Å². The third-order valence-corrected chi connectivity index (χ3v) is 2.62. The molecule has 0 N–H and O–H groups in total. The number of hydrogen-bond acceptors (Lipinski definition) is 2. The molecule has 3 heteroatoms. The van der Waals surface area contributed by atoms with E-state index in [9.17, 15) is 0 Å². The Morgan fingerprint density at radius 2 is 2.12 bits per heavy atom.